The van der Waals surface area contributed by atoms with Gasteiger partial charge in [0.05, 0.1) is 0 Å². The highest BCUT2D eigenvalue weighted by atomic mass is 16.2. The molecule has 22 heavy (non-hydrogen) atoms. The summed E-state index contributed by atoms with van der Waals surface area (Å²) in [6, 6.07) is 11.3. The summed E-state index contributed by atoms with van der Waals surface area (Å²) in [7, 11) is 0. The van der Waals surface area contributed by atoms with Crippen LogP contribution in [0.3, 0.4) is 0 Å². The van der Waals surface area contributed by atoms with Crippen LogP contribution in [0.5, 0.6) is 0 Å². The first kappa shape index (κ1) is 16.0. The first-order valence-electron chi connectivity index (χ1n) is 7.57. The van der Waals surface area contributed by atoms with Crippen LogP contribution >= 0.6 is 0 Å². The maximum atomic E-state index is 12.2. The topological polar surface area (TPSA) is 51.1 Å². The summed E-state index contributed by atoms with van der Waals surface area (Å²) >= 11 is 0. The molecule has 0 bridgehead atoms. The molecule has 2 aromatic rings. The van der Waals surface area contributed by atoms with Crippen molar-refractivity contribution in [1.29, 1.82) is 0 Å². The fourth-order valence-electron chi connectivity index (χ4n) is 2.39. The molecule has 1 aromatic carbocycles. The van der Waals surface area contributed by atoms with E-state index in [1.54, 1.807) is 25.3 Å². The summed E-state index contributed by atoms with van der Waals surface area (Å²) in [5.41, 5.74) is 2.45. The molecule has 0 saturated carbocycles. The summed E-state index contributed by atoms with van der Waals surface area (Å²) in [6.07, 6.45) is 2.64. The number of pyridine rings is 1. The number of para-hydroxylation sites is 1. The number of carbonyl (C=O) groups excluding carboxylic acids is 1. The number of hydrogen-bond acceptors (Lipinski definition) is 2. The Labute approximate surface area is 130 Å². The molecule has 0 aliphatic heterocycles. The van der Waals surface area contributed by atoms with Crippen molar-refractivity contribution >= 4 is 11.6 Å². The molecule has 1 aromatic heterocycles. The second-order valence-electron chi connectivity index (χ2n) is 5.57. The van der Waals surface area contributed by atoms with Crippen molar-refractivity contribution in [2.45, 2.75) is 39.7 Å². The quantitative estimate of drug-likeness (QED) is 0.920. The fourth-order valence-corrected chi connectivity index (χ4v) is 2.39. The molecule has 2 rings (SSSR count). The van der Waals surface area contributed by atoms with Crippen LogP contribution in [0.2, 0.25) is 0 Å². The van der Waals surface area contributed by atoms with Crippen molar-refractivity contribution in [3.05, 3.63) is 64.1 Å². The van der Waals surface area contributed by atoms with Gasteiger partial charge in [-0.25, -0.2) is 0 Å². The molecule has 1 amide bonds. The molecule has 1 atom stereocenters. The number of aromatic nitrogens is 1. The maximum absolute atomic E-state index is 12.2. The average Bonchev–Trinajstić information content (AvgIpc) is 2.51. The van der Waals surface area contributed by atoms with Crippen molar-refractivity contribution in [3.63, 3.8) is 0 Å². The van der Waals surface area contributed by atoms with Crippen LogP contribution in [-0.4, -0.2) is 10.5 Å². The van der Waals surface area contributed by atoms with Crippen LogP contribution in [0, 0.1) is 6.92 Å². The maximum Gasteiger partial charge on any atom is 0.253 e. The molecule has 4 nitrogen and oxygen atoms in total. The number of anilines is 1. The van der Waals surface area contributed by atoms with Crippen molar-refractivity contribution in [2.75, 3.05) is 5.32 Å². The van der Waals surface area contributed by atoms with Crippen LogP contribution < -0.4 is 10.9 Å². The van der Waals surface area contributed by atoms with Gasteiger partial charge >= 0.3 is 0 Å². The van der Waals surface area contributed by atoms with Crippen LogP contribution in [0.1, 0.15) is 37.3 Å². The molecule has 1 unspecified atom stereocenters. The largest absolute Gasteiger partial charge is 0.324 e. The number of hydrogen-bond donors (Lipinski definition) is 1. The zero-order valence-corrected chi connectivity index (χ0v) is 13.3. The first-order chi connectivity index (χ1) is 10.5. The van der Waals surface area contributed by atoms with Crippen LogP contribution in [0.25, 0.3) is 0 Å². The van der Waals surface area contributed by atoms with Gasteiger partial charge in [-0.15, -0.1) is 0 Å². The number of carbonyl (C=O) groups is 1. The Balaban J connectivity index is 2.16. The molecule has 116 valence electrons. The summed E-state index contributed by atoms with van der Waals surface area (Å²) in [5, 5.41) is 2.92. The molecular formula is C18H22N2O2. The van der Waals surface area contributed by atoms with E-state index in [0.717, 1.165) is 17.7 Å². The standard InChI is InChI=1S/C18H22N2O2/c1-4-13(2)15-9-5-6-10-16(15)19-17(21)12-20-11-7-8-14(3)18(20)22/h5-11,13H,4,12H2,1-3H3,(H,19,21). The van der Waals surface area contributed by atoms with Crippen LogP contribution in [-0.2, 0) is 11.3 Å². The molecule has 0 radical (unpaired) electrons. The van der Waals surface area contributed by atoms with Gasteiger partial charge in [0.15, 0.2) is 0 Å². The Bertz CT molecular complexity index is 719. The van der Waals surface area contributed by atoms with Gasteiger partial charge < -0.3 is 9.88 Å². The second kappa shape index (κ2) is 7.07. The summed E-state index contributed by atoms with van der Waals surface area (Å²) < 4.78 is 1.43. The average molecular weight is 298 g/mol. The highest BCUT2D eigenvalue weighted by Gasteiger charge is 2.11. The second-order valence-corrected chi connectivity index (χ2v) is 5.57. The van der Waals surface area contributed by atoms with Crippen molar-refractivity contribution in [1.82, 2.24) is 4.57 Å². The van der Waals surface area contributed by atoms with E-state index in [1.165, 1.54) is 4.57 Å². The van der Waals surface area contributed by atoms with Gasteiger partial charge in [0.2, 0.25) is 5.91 Å². The third-order valence-corrected chi connectivity index (χ3v) is 3.90. The van der Waals surface area contributed by atoms with E-state index in [0.29, 0.717) is 11.5 Å². The number of amides is 1. The summed E-state index contributed by atoms with van der Waals surface area (Å²) in [6.45, 7) is 6.02. The lowest BCUT2D eigenvalue weighted by Crippen LogP contribution is -2.28. The lowest BCUT2D eigenvalue weighted by Gasteiger charge is -2.16. The Hall–Kier alpha value is -2.36. The Morgan fingerprint density at radius 3 is 2.68 bits per heavy atom. The third kappa shape index (κ3) is 3.64. The lowest BCUT2D eigenvalue weighted by atomic mass is 9.97. The fraction of sp³-hybridized carbons (Fsp3) is 0.333. The summed E-state index contributed by atoms with van der Waals surface area (Å²) in [5.74, 6) is 0.182. The monoisotopic (exact) mass is 298 g/mol. The Kier molecular flexibility index (Phi) is 5.15. The highest BCUT2D eigenvalue weighted by Crippen LogP contribution is 2.26. The third-order valence-electron chi connectivity index (χ3n) is 3.90. The molecule has 0 aliphatic rings. The number of aryl methyl sites for hydroxylation is 1. The molecule has 1 N–H and O–H groups in total. The minimum atomic E-state index is -0.191. The molecule has 0 saturated heterocycles. The summed E-state index contributed by atoms with van der Waals surface area (Å²) in [4.78, 5) is 24.2. The Morgan fingerprint density at radius 1 is 1.23 bits per heavy atom. The van der Waals surface area contributed by atoms with E-state index in [-0.39, 0.29) is 18.0 Å². The van der Waals surface area contributed by atoms with E-state index < -0.39 is 0 Å². The first-order valence-corrected chi connectivity index (χ1v) is 7.57. The van der Waals surface area contributed by atoms with E-state index in [1.807, 2.05) is 24.3 Å². The highest BCUT2D eigenvalue weighted by molar-refractivity contribution is 5.91. The zero-order chi connectivity index (χ0) is 16.1. The van der Waals surface area contributed by atoms with E-state index in [4.69, 9.17) is 0 Å². The zero-order valence-electron chi connectivity index (χ0n) is 13.3. The molecule has 0 spiro atoms. The predicted molar refractivity (Wildman–Crippen MR) is 89.2 cm³/mol. The van der Waals surface area contributed by atoms with Gasteiger partial charge in [0, 0.05) is 17.4 Å². The number of benzene rings is 1. The number of nitrogens with zero attached hydrogens (tertiary/aromatic N) is 1. The van der Waals surface area contributed by atoms with Gasteiger partial charge in [-0.3, -0.25) is 9.59 Å². The molecule has 1 heterocycles. The minimum Gasteiger partial charge on any atom is -0.324 e. The van der Waals surface area contributed by atoms with Crippen molar-refractivity contribution in [3.8, 4) is 0 Å². The lowest BCUT2D eigenvalue weighted by molar-refractivity contribution is -0.116. The van der Waals surface area contributed by atoms with Crippen LogP contribution in [0.15, 0.2) is 47.4 Å². The Morgan fingerprint density at radius 2 is 1.95 bits per heavy atom. The molecular weight excluding hydrogens is 276 g/mol. The van der Waals surface area contributed by atoms with Gasteiger partial charge in [0.1, 0.15) is 6.54 Å². The molecule has 4 heteroatoms. The van der Waals surface area contributed by atoms with Gasteiger partial charge in [-0.1, -0.05) is 38.1 Å². The molecule has 0 aliphatic carbocycles. The van der Waals surface area contributed by atoms with Gasteiger partial charge in [-0.05, 0) is 37.0 Å². The smallest absolute Gasteiger partial charge is 0.253 e. The predicted octanol–water partition coefficient (Wildman–Crippen LogP) is 3.31. The van der Waals surface area contributed by atoms with Crippen molar-refractivity contribution < 1.29 is 4.79 Å². The SMILES string of the molecule is CCC(C)c1ccccc1NC(=O)Cn1cccc(C)c1=O. The minimum absolute atomic E-state index is 0.0232. The van der Waals surface area contributed by atoms with Gasteiger partial charge in [-0.2, -0.15) is 0 Å². The molecule has 0 fully saturated rings. The normalized spacial score (nSPS) is 12.0. The van der Waals surface area contributed by atoms with E-state index in [2.05, 4.69) is 19.2 Å². The van der Waals surface area contributed by atoms with E-state index >= 15 is 0 Å². The van der Waals surface area contributed by atoms with Crippen LogP contribution in [0.4, 0.5) is 5.69 Å². The van der Waals surface area contributed by atoms with Gasteiger partial charge in [0.25, 0.3) is 5.56 Å². The van der Waals surface area contributed by atoms with E-state index in [9.17, 15) is 9.59 Å². The van der Waals surface area contributed by atoms with Crippen molar-refractivity contribution in [2.24, 2.45) is 0 Å². The number of nitrogens with one attached hydrogen (secondary N) is 1. The number of rotatable bonds is 5.